The Morgan fingerprint density at radius 2 is 1.70 bits per heavy atom. The van der Waals surface area contributed by atoms with E-state index < -0.39 is 6.04 Å². The zero-order valence-electron chi connectivity index (χ0n) is 20.6. The van der Waals surface area contributed by atoms with Crippen molar-refractivity contribution in [3.63, 3.8) is 0 Å². The van der Waals surface area contributed by atoms with Crippen molar-refractivity contribution in [3.05, 3.63) is 121 Å². The Bertz CT molecular complexity index is 1670. The highest BCUT2D eigenvalue weighted by molar-refractivity contribution is 7.07. The normalized spacial score (nSPS) is 15.1. The molecule has 1 aliphatic rings. The van der Waals surface area contributed by atoms with Crippen molar-refractivity contribution in [1.82, 2.24) is 4.57 Å². The van der Waals surface area contributed by atoms with E-state index in [0.717, 1.165) is 11.1 Å². The molecular weight excluding hydrogens is 486 g/mol. The van der Waals surface area contributed by atoms with E-state index in [2.05, 4.69) is 10.3 Å². The van der Waals surface area contributed by atoms with Crippen molar-refractivity contribution in [2.75, 3.05) is 19.5 Å². The number of rotatable bonds is 6. The Morgan fingerprint density at radius 3 is 2.41 bits per heavy atom. The van der Waals surface area contributed by atoms with Crippen LogP contribution >= 0.6 is 11.3 Å². The highest BCUT2D eigenvalue weighted by Gasteiger charge is 2.32. The van der Waals surface area contributed by atoms with Crippen molar-refractivity contribution in [2.24, 2.45) is 4.99 Å². The number of methoxy groups -OCH3 is 2. The molecule has 7 nitrogen and oxygen atoms in total. The van der Waals surface area contributed by atoms with Gasteiger partial charge >= 0.3 is 0 Å². The van der Waals surface area contributed by atoms with Crippen LogP contribution in [0.15, 0.2) is 99.9 Å². The molecule has 1 aromatic heterocycles. The summed E-state index contributed by atoms with van der Waals surface area (Å²) in [5, 5.41) is 2.96. The number of thiazole rings is 1. The van der Waals surface area contributed by atoms with Crippen molar-refractivity contribution < 1.29 is 14.3 Å². The summed E-state index contributed by atoms with van der Waals surface area (Å²) in [7, 11) is 3.20. The van der Waals surface area contributed by atoms with Crippen molar-refractivity contribution >= 4 is 29.0 Å². The minimum absolute atomic E-state index is 0.218. The second-order valence-corrected chi connectivity index (χ2v) is 9.46. The summed E-state index contributed by atoms with van der Waals surface area (Å²) in [5.41, 5.74) is 3.03. The predicted molar refractivity (Wildman–Crippen MR) is 145 cm³/mol. The van der Waals surface area contributed by atoms with Gasteiger partial charge in [0.15, 0.2) is 4.80 Å². The van der Waals surface area contributed by atoms with Crippen LogP contribution < -0.4 is 29.7 Å². The number of anilines is 1. The fourth-order valence-electron chi connectivity index (χ4n) is 4.32. The SMILES string of the molecule is COc1ccc([C@@H]2C(C(=O)Nc3ccccc3)=C(C)N=c3s/c(=C\c4cccc(OC)c4)c(=O)n32)cc1. The van der Waals surface area contributed by atoms with Crippen LogP contribution in [0.5, 0.6) is 11.5 Å². The van der Waals surface area contributed by atoms with Gasteiger partial charge in [0.2, 0.25) is 0 Å². The van der Waals surface area contributed by atoms with Crippen molar-refractivity contribution in [3.8, 4) is 11.5 Å². The zero-order valence-corrected chi connectivity index (χ0v) is 21.4. The lowest BCUT2D eigenvalue weighted by Gasteiger charge is -2.25. The second-order valence-electron chi connectivity index (χ2n) is 8.45. The Morgan fingerprint density at radius 1 is 0.973 bits per heavy atom. The minimum atomic E-state index is -0.654. The van der Waals surface area contributed by atoms with E-state index in [9.17, 15) is 9.59 Å². The third-order valence-electron chi connectivity index (χ3n) is 6.12. The van der Waals surface area contributed by atoms with Crippen LogP contribution in [0.25, 0.3) is 6.08 Å². The van der Waals surface area contributed by atoms with Crippen LogP contribution in [0.1, 0.15) is 24.1 Å². The van der Waals surface area contributed by atoms with Gasteiger partial charge in [0, 0.05) is 5.69 Å². The third kappa shape index (κ3) is 4.83. The highest BCUT2D eigenvalue weighted by Crippen LogP contribution is 2.31. The van der Waals surface area contributed by atoms with E-state index in [0.29, 0.717) is 37.8 Å². The molecule has 0 fully saturated rings. The van der Waals surface area contributed by atoms with Crippen LogP contribution in [0.4, 0.5) is 5.69 Å². The quantitative estimate of drug-likeness (QED) is 0.426. The number of benzene rings is 3. The molecule has 0 aliphatic carbocycles. The highest BCUT2D eigenvalue weighted by atomic mass is 32.1. The van der Waals surface area contributed by atoms with E-state index in [-0.39, 0.29) is 11.5 Å². The van der Waals surface area contributed by atoms with E-state index in [1.165, 1.54) is 11.3 Å². The standard InChI is InChI=1S/C29H25N3O4S/c1-18-25(27(33)31-21-9-5-4-6-10-21)26(20-12-14-22(35-2)15-13-20)32-28(34)24(37-29(32)30-18)17-19-8-7-11-23(16-19)36-3/h4-17,26H,1-3H3,(H,31,33)/b24-17-/t26-/m1/s1. The molecule has 1 atom stereocenters. The molecule has 5 rings (SSSR count). The number of carbonyl (C=O) groups excluding carboxylic acids is 1. The number of para-hydroxylation sites is 1. The van der Waals surface area contributed by atoms with Gasteiger partial charge in [-0.3, -0.25) is 14.2 Å². The first kappa shape index (κ1) is 24.3. The first-order valence-corrected chi connectivity index (χ1v) is 12.5. The fraction of sp³-hybridized carbons (Fsp3) is 0.138. The Balaban J connectivity index is 1.67. The monoisotopic (exact) mass is 511 g/mol. The second kappa shape index (κ2) is 10.3. The van der Waals surface area contributed by atoms with Gasteiger partial charge in [0.1, 0.15) is 11.5 Å². The fourth-order valence-corrected chi connectivity index (χ4v) is 5.36. The summed E-state index contributed by atoms with van der Waals surface area (Å²) < 4.78 is 12.8. The lowest BCUT2D eigenvalue weighted by molar-refractivity contribution is -0.113. The number of allylic oxidation sites excluding steroid dienone is 1. The van der Waals surface area contributed by atoms with E-state index in [1.54, 1.807) is 25.7 Å². The molecule has 186 valence electrons. The maximum atomic E-state index is 13.8. The summed E-state index contributed by atoms with van der Waals surface area (Å²) in [5.74, 6) is 1.08. The molecule has 1 amide bonds. The van der Waals surface area contributed by atoms with Gasteiger partial charge in [-0.15, -0.1) is 0 Å². The van der Waals surface area contributed by atoms with E-state index in [1.807, 2.05) is 84.9 Å². The van der Waals surface area contributed by atoms with Crippen LogP contribution in [-0.2, 0) is 4.79 Å². The minimum Gasteiger partial charge on any atom is -0.497 e. The van der Waals surface area contributed by atoms with Crippen molar-refractivity contribution in [2.45, 2.75) is 13.0 Å². The molecule has 4 aromatic rings. The van der Waals surface area contributed by atoms with E-state index >= 15 is 0 Å². The first-order chi connectivity index (χ1) is 18.0. The predicted octanol–water partition coefficient (Wildman–Crippen LogP) is 3.89. The summed E-state index contributed by atoms with van der Waals surface area (Å²) in [4.78, 5) is 32.6. The van der Waals surface area contributed by atoms with Crippen LogP contribution in [0, 0.1) is 0 Å². The van der Waals surface area contributed by atoms with Gasteiger partial charge in [-0.1, -0.05) is 53.8 Å². The van der Waals surface area contributed by atoms with Gasteiger partial charge in [-0.05, 0) is 60.5 Å². The maximum Gasteiger partial charge on any atom is 0.271 e. The Labute approximate surface area is 217 Å². The van der Waals surface area contributed by atoms with Gasteiger partial charge in [-0.25, -0.2) is 4.99 Å². The molecule has 3 aromatic carbocycles. The number of amides is 1. The summed E-state index contributed by atoms with van der Waals surface area (Å²) in [6.45, 7) is 1.80. The molecule has 1 N–H and O–H groups in total. The lowest BCUT2D eigenvalue weighted by atomic mass is 9.95. The topological polar surface area (TPSA) is 81.9 Å². The number of nitrogens with zero attached hydrogens (tertiary/aromatic N) is 2. The maximum absolute atomic E-state index is 13.8. The third-order valence-corrected chi connectivity index (χ3v) is 7.10. The number of fused-ring (bicyclic) bond motifs is 1. The molecule has 0 saturated heterocycles. The molecule has 0 saturated carbocycles. The summed E-state index contributed by atoms with van der Waals surface area (Å²) >= 11 is 1.29. The Hall–Kier alpha value is -4.43. The number of carbonyl (C=O) groups is 1. The molecule has 0 radical (unpaired) electrons. The molecule has 8 heteroatoms. The molecule has 1 aliphatic heterocycles. The van der Waals surface area contributed by atoms with Crippen molar-refractivity contribution in [1.29, 1.82) is 0 Å². The smallest absolute Gasteiger partial charge is 0.271 e. The summed E-state index contributed by atoms with van der Waals surface area (Å²) in [6, 6.07) is 23.5. The summed E-state index contributed by atoms with van der Waals surface area (Å²) in [6.07, 6.45) is 1.82. The van der Waals surface area contributed by atoms with Crippen LogP contribution in [0.3, 0.4) is 0 Å². The van der Waals surface area contributed by atoms with Gasteiger partial charge in [-0.2, -0.15) is 0 Å². The lowest BCUT2D eigenvalue weighted by Crippen LogP contribution is -2.40. The Kier molecular flexibility index (Phi) is 6.74. The molecule has 0 unspecified atom stereocenters. The van der Waals surface area contributed by atoms with Gasteiger partial charge in [0.05, 0.1) is 36.1 Å². The number of nitrogens with one attached hydrogen (secondary N) is 1. The van der Waals surface area contributed by atoms with Gasteiger partial charge in [0.25, 0.3) is 11.5 Å². The molecule has 37 heavy (non-hydrogen) atoms. The molecule has 0 bridgehead atoms. The van der Waals surface area contributed by atoms with Crippen LogP contribution in [0.2, 0.25) is 0 Å². The molecule has 2 heterocycles. The largest absolute Gasteiger partial charge is 0.497 e. The number of ether oxygens (including phenoxy) is 2. The molecular formula is C29H25N3O4S. The zero-order chi connectivity index (χ0) is 25.9. The number of hydrogen-bond donors (Lipinski definition) is 1. The number of aromatic nitrogens is 1. The number of hydrogen-bond acceptors (Lipinski definition) is 6. The van der Waals surface area contributed by atoms with Crippen LogP contribution in [-0.4, -0.2) is 24.7 Å². The van der Waals surface area contributed by atoms with Gasteiger partial charge < -0.3 is 14.8 Å². The average molecular weight is 512 g/mol. The molecule has 0 spiro atoms. The first-order valence-electron chi connectivity index (χ1n) is 11.7. The van der Waals surface area contributed by atoms with E-state index in [4.69, 9.17) is 9.47 Å². The average Bonchev–Trinajstić information content (AvgIpc) is 3.22.